The van der Waals surface area contributed by atoms with Crippen LogP contribution in [0.3, 0.4) is 0 Å². The van der Waals surface area contributed by atoms with Crippen LogP contribution >= 0.6 is 0 Å². The summed E-state index contributed by atoms with van der Waals surface area (Å²) >= 11 is 0. The minimum atomic E-state index is 0.0401. The zero-order chi connectivity index (χ0) is 13.4. The minimum Gasteiger partial charge on any atom is -0.496 e. The second kappa shape index (κ2) is 7.84. The third-order valence-electron chi connectivity index (χ3n) is 2.58. The number of rotatable bonds is 8. The molecule has 0 bridgehead atoms. The standard InChI is InChI=1S/C14H20O4/c1-11(15)12-5-6-14(17-3)13(9-12)10-18-8-4-7-16-2/h5-6,9H,4,7-8,10H2,1-3H3. The van der Waals surface area contributed by atoms with E-state index in [1.807, 2.05) is 6.07 Å². The van der Waals surface area contributed by atoms with Gasteiger partial charge in [0.05, 0.1) is 13.7 Å². The first-order chi connectivity index (χ1) is 8.69. The fourth-order valence-corrected chi connectivity index (χ4v) is 1.60. The Balaban J connectivity index is 2.61. The molecule has 18 heavy (non-hydrogen) atoms. The molecule has 0 N–H and O–H groups in total. The number of ether oxygens (including phenoxy) is 3. The lowest BCUT2D eigenvalue weighted by Crippen LogP contribution is -2.02. The van der Waals surface area contributed by atoms with Crippen molar-refractivity contribution in [3.8, 4) is 5.75 Å². The smallest absolute Gasteiger partial charge is 0.159 e. The highest BCUT2D eigenvalue weighted by atomic mass is 16.5. The average molecular weight is 252 g/mol. The van der Waals surface area contributed by atoms with Crippen LogP contribution < -0.4 is 4.74 Å². The molecule has 0 amide bonds. The number of hydrogen-bond acceptors (Lipinski definition) is 4. The molecule has 1 aromatic rings. The molecular formula is C14H20O4. The molecule has 1 rings (SSSR count). The summed E-state index contributed by atoms with van der Waals surface area (Å²) in [5, 5.41) is 0. The van der Waals surface area contributed by atoms with Gasteiger partial charge in [-0.1, -0.05) is 0 Å². The fourth-order valence-electron chi connectivity index (χ4n) is 1.60. The lowest BCUT2D eigenvalue weighted by Gasteiger charge is -2.10. The third-order valence-corrected chi connectivity index (χ3v) is 2.58. The van der Waals surface area contributed by atoms with Crippen molar-refractivity contribution in [3.63, 3.8) is 0 Å². The molecule has 0 aliphatic carbocycles. The Morgan fingerprint density at radius 2 is 2.00 bits per heavy atom. The van der Waals surface area contributed by atoms with Crippen molar-refractivity contribution < 1.29 is 19.0 Å². The van der Waals surface area contributed by atoms with E-state index < -0.39 is 0 Å². The van der Waals surface area contributed by atoms with Gasteiger partial charge in [-0.15, -0.1) is 0 Å². The van der Waals surface area contributed by atoms with E-state index in [9.17, 15) is 4.79 Å². The van der Waals surface area contributed by atoms with Crippen LogP contribution in [0.25, 0.3) is 0 Å². The van der Waals surface area contributed by atoms with Gasteiger partial charge in [0.1, 0.15) is 5.75 Å². The van der Waals surface area contributed by atoms with Gasteiger partial charge >= 0.3 is 0 Å². The normalized spacial score (nSPS) is 10.4. The highest BCUT2D eigenvalue weighted by molar-refractivity contribution is 5.94. The number of carbonyl (C=O) groups excluding carboxylic acids is 1. The lowest BCUT2D eigenvalue weighted by atomic mass is 10.1. The summed E-state index contributed by atoms with van der Waals surface area (Å²) in [7, 11) is 3.27. The van der Waals surface area contributed by atoms with E-state index in [4.69, 9.17) is 14.2 Å². The van der Waals surface area contributed by atoms with Gasteiger partial charge in [-0.3, -0.25) is 4.79 Å². The van der Waals surface area contributed by atoms with Gasteiger partial charge in [-0.05, 0) is 31.5 Å². The summed E-state index contributed by atoms with van der Waals surface area (Å²) in [6.45, 7) is 3.30. The SMILES string of the molecule is COCCCOCc1cc(C(C)=O)ccc1OC. The number of Topliss-reactive ketones (excluding diaryl/α,β-unsaturated/α-hetero) is 1. The zero-order valence-electron chi connectivity index (χ0n) is 11.2. The first-order valence-electron chi connectivity index (χ1n) is 5.93. The van der Waals surface area contributed by atoms with Gasteiger partial charge in [-0.2, -0.15) is 0 Å². The summed E-state index contributed by atoms with van der Waals surface area (Å²) in [4.78, 5) is 11.3. The average Bonchev–Trinajstić information content (AvgIpc) is 2.38. The van der Waals surface area contributed by atoms with E-state index in [0.717, 1.165) is 17.7 Å². The molecule has 0 radical (unpaired) electrons. The molecule has 0 aliphatic rings. The minimum absolute atomic E-state index is 0.0401. The van der Waals surface area contributed by atoms with Crippen LogP contribution in [-0.4, -0.2) is 33.2 Å². The largest absolute Gasteiger partial charge is 0.496 e. The van der Waals surface area contributed by atoms with Crippen molar-refractivity contribution >= 4 is 5.78 Å². The molecule has 0 heterocycles. The molecule has 100 valence electrons. The van der Waals surface area contributed by atoms with Crippen LogP contribution in [0.4, 0.5) is 0 Å². The number of methoxy groups -OCH3 is 2. The Hall–Kier alpha value is -1.39. The predicted molar refractivity (Wildman–Crippen MR) is 69.1 cm³/mol. The first-order valence-corrected chi connectivity index (χ1v) is 5.93. The van der Waals surface area contributed by atoms with Gasteiger partial charge in [0.25, 0.3) is 0 Å². The molecule has 0 saturated carbocycles. The second-order valence-electron chi connectivity index (χ2n) is 3.98. The van der Waals surface area contributed by atoms with Crippen LogP contribution in [-0.2, 0) is 16.1 Å². The predicted octanol–water partition coefficient (Wildman–Crippen LogP) is 2.45. The van der Waals surface area contributed by atoms with E-state index >= 15 is 0 Å². The summed E-state index contributed by atoms with van der Waals surface area (Å²) < 4.78 is 15.7. The molecule has 0 spiro atoms. The van der Waals surface area contributed by atoms with Gasteiger partial charge in [0.15, 0.2) is 5.78 Å². The second-order valence-corrected chi connectivity index (χ2v) is 3.98. The van der Waals surface area contributed by atoms with E-state index in [1.54, 1.807) is 33.3 Å². The Labute approximate surface area is 108 Å². The highest BCUT2D eigenvalue weighted by Crippen LogP contribution is 2.21. The van der Waals surface area contributed by atoms with Crippen LogP contribution in [0.15, 0.2) is 18.2 Å². The zero-order valence-corrected chi connectivity index (χ0v) is 11.2. The van der Waals surface area contributed by atoms with Gasteiger partial charge < -0.3 is 14.2 Å². The van der Waals surface area contributed by atoms with E-state index in [1.165, 1.54) is 0 Å². The van der Waals surface area contributed by atoms with Crippen molar-refractivity contribution in [2.45, 2.75) is 20.0 Å². The first kappa shape index (κ1) is 14.7. The number of carbonyl (C=O) groups is 1. The quantitative estimate of drug-likeness (QED) is 0.526. The molecule has 0 fully saturated rings. The Morgan fingerprint density at radius 1 is 1.22 bits per heavy atom. The third kappa shape index (κ3) is 4.47. The molecule has 0 aromatic heterocycles. The highest BCUT2D eigenvalue weighted by Gasteiger charge is 2.07. The topological polar surface area (TPSA) is 44.8 Å². The maximum absolute atomic E-state index is 11.3. The molecule has 0 saturated heterocycles. The van der Waals surface area contributed by atoms with Crippen molar-refractivity contribution in [2.24, 2.45) is 0 Å². The van der Waals surface area contributed by atoms with Crippen LogP contribution in [0.2, 0.25) is 0 Å². The maximum atomic E-state index is 11.3. The molecule has 0 aliphatic heterocycles. The fraction of sp³-hybridized carbons (Fsp3) is 0.500. The van der Waals surface area contributed by atoms with Crippen LogP contribution in [0, 0.1) is 0 Å². The molecule has 0 atom stereocenters. The number of hydrogen-bond donors (Lipinski definition) is 0. The van der Waals surface area contributed by atoms with Gasteiger partial charge in [0, 0.05) is 31.5 Å². The van der Waals surface area contributed by atoms with Gasteiger partial charge in [-0.25, -0.2) is 0 Å². The summed E-state index contributed by atoms with van der Waals surface area (Å²) in [6.07, 6.45) is 0.852. The van der Waals surface area contributed by atoms with Crippen LogP contribution in [0.1, 0.15) is 29.3 Å². The molecule has 1 aromatic carbocycles. The summed E-state index contributed by atoms with van der Waals surface area (Å²) in [6, 6.07) is 5.37. The molecular weight excluding hydrogens is 232 g/mol. The van der Waals surface area contributed by atoms with Gasteiger partial charge in [0.2, 0.25) is 0 Å². The van der Waals surface area contributed by atoms with E-state index in [0.29, 0.717) is 25.4 Å². The van der Waals surface area contributed by atoms with E-state index in [2.05, 4.69) is 0 Å². The monoisotopic (exact) mass is 252 g/mol. The molecule has 0 unspecified atom stereocenters. The number of ketones is 1. The summed E-state index contributed by atoms with van der Waals surface area (Å²) in [5.41, 5.74) is 1.56. The van der Waals surface area contributed by atoms with Crippen molar-refractivity contribution in [1.29, 1.82) is 0 Å². The van der Waals surface area contributed by atoms with Crippen LogP contribution in [0.5, 0.6) is 5.75 Å². The van der Waals surface area contributed by atoms with E-state index in [-0.39, 0.29) is 5.78 Å². The Bertz CT molecular complexity index is 387. The molecule has 4 heteroatoms. The van der Waals surface area contributed by atoms with Crippen molar-refractivity contribution in [1.82, 2.24) is 0 Å². The van der Waals surface area contributed by atoms with Crippen molar-refractivity contribution in [2.75, 3.05) is 27.4 Å². The maximum Gasteiger partial charge on any atom is 0.159 e. The summed E-state index contributed by atoms with van der Waals surface area (Å²) in [5.74, 6) is 0.782. The Kier molecular flexibility index (Phi) is 6.39. The Morgan fingerprint density at radius 3 is 2.61 bits per heavy atom. The van der Waals surface area contributed by atoms with Crippen molar-refractivity contribution in [3.05, 3.63) is 29.3 Å². The number of benzene rings is 1. The lowest BCUT2D eigenvalue weighted by molar-refractivity contribution is 0.0915. The molecule has 4 nitrogen and oxygen atoms in total.